The van der Waals surface area contributed by atoms with Gasteiger partial charge in [-0.1, -0.05) is 12.5 Å². The molecule has 0 aromatic carbocycles. The predicted octanol–water partition coefficient (Wildman–Crippen LogP) is 3.45. The molecule has 0 bridgehead atoms. The summed E-state index contributed by atoms with van der Waals surface area (Å²) in [6, 6.07) is 0. The van der Waals surface area contributed by atoms with E-state index in [0.717, 1.165) is 38.5 Å². The summed E-state index contributed by atoms with van der Waals surface area (Å²) < 4.78 is 0. The second kappa shape index (κ2) is 5.02. The van der Waals surface area contributed by atoms with Gasteiger partial charge in [0.15, 0.2) is 11.6 Å². The Bertz CT molecular complexity index is 592. The lowest BCUT2D eigenvalue weighted by molar-refractivity contribution is -0.157. The molecule has 3 nitrogen and oxygen atoms in total. The first-order valence-electron chi connectivity index (χ1n) is 9.33. The molecule has 0 unspecified atom stereocenters. The van der Waals surface area contributed by atoms with Crippen LogP contribution in [0.1, 0.15) is 65.2 Å². The Morgan fingerprint density at radius 2 is 1.91 bits per heavy atom. The smallest absolute Gasteiger partial charge is 0.161 e. The molecule has 3 heteroatoms. The molecule has 4 aliphatic carbocycles. The Hall–Kier alpha value is -0.960. The molecule has 0 saturated heterocycles. The SMILES string of the molecule is CC(=O)[C@@]1(O)CC[C@H]2[C@@H]3CCC4=CC(=O)CC[C@H]4[C@H]3CC[C@@]21C. The molecule has 1 N–H and O–H groups in total. The summed E-state index contributed by atoms with van der Waals surface area (Å²) in [7, 11) is 0. The molecular weight excluding hydrogens is 288 g/mol. The average molecular weight is 316 g/mol. The Kier molecular flexibility index (Phi) is 3.39. The fourth-order valence-electron chi connectivity index (χ4n) is 6.78. The van der Waals surface area contributed by atoms with Crippen LogP contribution in [0.15, 0.2) is 11.6 Å². The minimum Gasteiger partial charge on any atom is -0.382 e. The summed E-state index contributed by atoms with van der Waals surface area (Å²) in [5.74, 6) is 2.60. The van der Waals surface area contributed by atoms with Crippen LogP contribution in [0.4, 0.5) is 0 Å². The highest BCUT2D eigenvalue weighted by atomic mass is 16.3. The van der Waals surface area contributed by atoms with Gasteiger partial charge in [0.1, 0.15) is 5.60 Å². The van der Waals surface area contributed by atoms with Gasteiger partial charge in [-0.05, 0) is 81.6 Å². The second-order valence-corrected chi connectivity index (χ2v) is 8.71. The van der Waals surface area contributed by atoms with E-state index in [0.29, 0.717) is 42.3 Å². The Morgan fingerprint density at radius 1 is 1.13 bits per heavy atom. The molecule has 0 spiro atoms. The van der Waals surface area contributed by atoms with Gasteiger partial charge in [-0.25, -0.2) is 0 Å². The number of fused-ring (bicyclic) bond motifs is 5. The van der Waals surface area contributed by atoms with Crippen molar-refractivity contribution in [2.75, 3.05) is 0 Å². The van der Waals surface area contributed by atoms with Crippen LogP contribution in [0.5, 0.6) is 0 Å². The minimum atomic E-state index is -1.11. The zero-order valence-corrected chi connectivity index (χ0v) is 14.3. The zero-order valence-electron chi connectivity index (χ0n) is 14.3. The van der Waals surface area contributed by atoms with Gasteiger partial charge < -0.3 is 5.11 Å². The molecule has 0 amide bonds. The number of carbonyl (C=O) groups excluding carboxylic acids is 2. The molecule has 4 aliphatic rings. The Labute approximate surface area is 138 Å². The first kappa shape index (κ1) is 15.6. The monoisotopic (exact) mass is 316 g/mol. The maximum absolute atomic E-state index is 12.2. The van der Waals surface area contributed by atoms with E-state index < -0.39 is 5.60 Å². The summed E-state index contributed by atoms with van der Waals surface area (Å²) in [4.78, 5) is 23.9. The van der Waals surface area contributed by atoms with E-state index in [2.05, 4.69) is 6.92 Å². The summed E-state index contributed by atoms with van der Waals surface area (Å²) >= 11 is 0. The number of Topliss-reactive ketones (excluding diaryl/α,β-unsaturated/α-hetero) is 1. The number of allylic oxidation sites excluding steroid dienone is 1. The average Bonchev–Trinajstić information content (AvgIpc) is 2.80. The van der Waals surface area contributed by atoms with Crippen molar-refractivity contribution in [3.63, 3.8) is 0 Å². The maximum atomic E-state index is 12.2. The fourth-order valence-corrected chi connectivity index (χ4v) is 6.78. The highest BCUT2D eigenvalue weighted by Gasteiger charge is 2.64. The third-order valence-electron chi connectivity index (χ3n) is 8.03. The molecule has 4 rings (SSSR count). The van der Waals surface area contributed by atoms with Crippen molar-refractivity contribution in [2.45, 2.75) is 70.8 Å². The van der Waals surface area contributed by atoms with Gasteiger partial charge in [0.2, 0.25) is 0 Å². The number of carbonyl (C=O) groups is 2. The highest BCUT2D eigenvalue weighted by molar-refractivity contribution is 5.91. The molecule has 6 atom stereocenters. The van der Waals surface area contributed by atoms with Gasteiger partial charge in [-0.2, -0.15) is 0 Å². The van der Waals surface area contributed by atoms with Crippen LogP contribution in [0, 0.1) is 29.1 Å². The molecule has 126 valence electrons. The molecule has 0 aliphatic heterocycles. The van der Waals surface area contributed by atoms with Crippen LogP contribution in [-0.4, -0.2) is 22.3 Å². The lowest BCUT2D eigenvalue weighted by Crippen LogP contribution is -2.55. The number of hydrogen-bond acceptors (Lipinski definition) is 3. The van der Waals surface area contributed by atoms with Gasteiger partial charge in [-0.3, -0.25) is 9.59 Å². The van der Waals surface area contributed by atoms with Gasteiger partial charge in [-0.15, -0.1) is 0 Å². The van der Waals surface area contributed by atoms with Crippen LogP contribution < -0.4 is 0 Å². The van der Waals surface area contributed by atoms with Crippen LogP contribution in [0.3, 0.4) is 0 Å². The topological polar surface area (TPSA) is 54.4 Å². The summed E-state index contributed by atoms with van der Waals surface area (Å²) in [5, 5.41) is 11.1. The van der Waals surface area contributed by atoms with Crippen molar-refractivity contribution in [3.8, 4) is 0 Å². The standard InChI is InChI=1S/C20H28O3/c1-12(21)20(23)10-8-18-17-5-3-13-11-14(22)4-6-15(13)16(17)7-9-19(18,20)2/h11,15-18,23H,3-10H2,1-2H3/t15-,16-,17-,18+,19+,20+/m1/s1. The summed E-state index contributed by atoms with van der Waals surface area (Å²) in [5.41, 5.74) is 0.0402. The Balaban J connectivity index is 1.65. The number of hydrogen-bond donors (Lipinski definition) is 1. The number of ketones is 2. The van der Waals surface area contributed by atoms with Crippen molar-refractivity contribution in [3.05, 3.63) is 11.6 Å². The normalized spacial score (nSPS) is 49.0. The van der Waals surface area contributed by atoms with Crippen molar-refractivity contribution in [1.29, 1.82) is 0 Å². The van der Waals surface area contributed by atoms with Gasteiger partial charge in [0, 0.05) is 11.8 Å². The maximum Gasteiger partial charge on any atom is 0.161 e. The van der Waals surface area contributed by atoms with Gasteiger partial charge in [0.05, 0.1) is 0 Å². The second-order valence-electron chi connectivity index (χ2n) is 8.71. The fraction of sp³-hybridized carbons (Fsp3) is 0.800. The number of rotatable bonds is 1. The quantitative estimate of drug-likeness (QED) is 0.806. The van der Waals surface area contributed by atoms with E-state index in [1.165, 1.54) is 5.57 Å². The molecule has 0 heterocycles. The van der Waals surface area contributed by atoms with E-state index in [9.17, 15) is 14.7 Å². The third kappa shape index (κ3) is 1.98. The highest BCUT2D eigenvalue weighted by Crippen LogP contribution is 2.64. The summed E-state index contributed by atoms with van der Waals surface area (Å²) in [6.07, 6.45) is 9.51. The molecule has 23 heavy (non-hydrogen) atoms. The van der Waals surface area contributed by atoms with E-state index in [4.69, 9.17) is 0 Å². The molecule has 0 aromatic heterocycles. The molecule has 3 saturated carbocycles. The van der Waals surface area contributed by atoms with E-state index >= 15 is 0 Å². The van der Waals surface area contributed by atoms with E-state index in [-0.39, 0.29) is 11.2 Å². The Morgan fingerprint density at radius 3 is 2.65 bits per heavy atom. The van der Waals surface area contributed by atoms with Crippen molar-refractivity contribution in [1.82, 2.24) is 0 Å². The largest absolute Gasteiger partial charge is 0.382 e. The van der Waals surface area contributed by atoms with Crippen molar-refractivity contribution >= 4 is 11.6 Å². The van der Waals surface area contributed by atoms with Crippen LogP contribution in [0.25, 0.3) is 0 Å². The van der Waals surface area contributed by atoms with Crippen molar-refractivity contribution in [2.24, 2.45) is 29.1 Å². The molecular formula is C20H28O3. The predicted molar refractivity (Wildman–Crippen MR) is 87.7 cm³/mol. The van der Waals surface area contributed by atoms with E-state index in [1.54, 1.807) is 6.92 Å². The molecule has 0 aromatic rings. The number of aliphatic hydroxyl groups is 1. The van der Waals surface area contributed by atoms with Gasteiger partial charge >= 0.3 is 0 Å². The first-order chi connectivity index (χ1) is 10.9. The molecule has 0 radical (unpaired) electrons. The van der Waals surface area contributed by atoms with Crippen LogP contribution in [-0.2, 0) is 9.59 Å². The lowest BCUT2D eigenvalue weighted by Gasteiger charge is -2.55. The first-order valence-corrected chi connectivity index (χ1v) is 9.33. The summed E-state index contributed by atoms with van der Waals surface area (Å²) in [6.45, 7) is 3.73. The van der Waals surface area contributed by atoms with Gasteiger partial charge in [0.25, 0.3) is 0 Å². The minimum absolute atomic E-state index is 0.0411. The third-order valence-corrected chi connectivity index (χ3v) is 8.03. The van der Waals surface area contributed by atoms with Crippen molar-refractivity contribution < 1.29 is 14.7 Å². The zero-order chi connectivity index (χ0) is 16.4. The van der Waals surface area contributed by atoms with E-state index in [1.807, 2.05) is 6.08 Å². The lowest BCUT2D eigenvalue weighted by atomic mass is 9.50. The van der Waals surface area contributed by atoms with Crippen LogP contribution in [0.2, 0.25) is 0 Å². The van der Waals surface area contributed by atoms with Crippen LogP contribution >= 0.6 is 0 Å². The molecule has 3 fully saturated rings.